The lowest BCUT2D eigenvalue weighted by atomic mass is 10.3. The molecule has 0 saturated heterocycles. The van der Waals surface area contributed by atoms with Crippen LogP contribution in [0.4, 0.5) is 5.69 Å². The number of ether oxygens (including phenoxy) is 1. The molecule has 0 saturated carbocycles. The van der Waals surface area contributed by atoms with Crippen LogP contribution >= 0.6 is 11.3 Å². The van der Waals surface area contributed by atoms with Crippen LogP contribution in [0.25, 0.3) is 0 Å². The number of thiophene rings is 1. The molecule has 126 valence electrons. The summed E-state index contributed by atoms with van der Waals surface area (Å²) < 4.78 is 35.0. The molecule has 1 aromatic carbocycles. The topological polar surface area (TPSA) is 73.2 Å². The first kappa shape index (κ1) is 16.5. The van der Waals surface area contributed by atoms with Crippen molar-refractivity contribution in [2.45, 2.75) is 17.7 Å². The number of benzene rings is 1. The van der Waals surface area contributed by atoms with E-state index in [2.05, 4.69) is 9.82 Å². The first-order valence-electron chi connectivity index (χ1n) is 7.32. The van der Waals surface area contributed by atoms with E-state index in [9.17, 15) is 8.42 Å². The van der Waals surface area contributed by atoms with Gasteiger partial charge in [-0.1, -0.05) is 6.07 Å². The highest BCUT2D eigenvalue weighted by atomic mass is 32.2. The maximum Gasteiger partial charge on any atom is 0.271 e. The van der Waals surface area contributed by atoms with Gasteiger partial charge in [-0.15, -0.1) is 11.3 Å². The van der Waals surface area contributed by atoms with Crippen molar-refractivity contribution in [1.82, 2.24) is 9.78 Å². The summed E-state index contributed by atoms with van der Waals surface area (Å²) in [5.41, 5.74) is 0.470. The van der Waals surface area contributed by atoms with Gasteiger partial charge in [-0.25, -0.2) is 8.42 Å². The van der Waals surface area contributed by atoms with Crippen LogP contribution in [0.1, 0.15) is 4.88 Å². The van der Waals surface area contributed by atoms with Crippen molar-refractivity contribution < 1.29 is 13.2 Å². The van der Waals surface area contributed by atoms with Crippen LogP contribution in [0.2, 0.25) is 0 Å². The number of nitrogens with one attached hydrogen (secondary N) is 1. The Morgan fingerprint density at radius 1 is 1.25 bits per heavy atom. The SMILES string of the molecule is Cc1ccc(S(=O)(=O)Nc2cccc(OCCn3cccn3)c2)s1. The Hall–Kier alpha value is -2.32. The zero-order valence-electron chi connectivity index (χ0n) is 13.0. The number of nitrogens with zero attached hydrogens (tertiary/aromatic N) is 2. The third-order valence-electron chi connectivity index (χ3n) is 3.22. The largest absolute Gasteiger partial charge is 0.492 e. The van der Waals surface area contributed by atoms with Gasteiger partial charge in [-0.3, -0.25) is 9.40 Å². The van der Waals surface area contributed by atoms with Gasteiger partial charge in [0.25, 0.3) is 10.0 Å². The number of hydrogen-bond acceptors (Lipinski definition) is 5. The summed E-state index contributed by atoms with van der Waals surface area (Å²) in [6, 6.07) is 12.1. The lowest BCUT2D eigenvalue weighted by Gasteiger charge is -2.10. The Bertz CT molecular complexity index is 902. The average Bonchev–Trinajstić information content (AvgIpc) is 3.19. The molecular formula is C16H17N3O3S2. The molecule has 0 radical (unpaired) electrons. The van der Waals surface area contributed by atoms with E-state index in [-0.39, 0.29) is 0 Å². The van der Waals surface area contributed by atoms with Crippen molar-refractivity contribution in [3.8, 4) is 5.75 Å². The van der Waals surface area contributed by atoms with E-state index >= 15 is 0 Å². The maximum absolute atomic E-state index is 12.3. The number of anilines is 1. The molecule has 2 heterocycles. The Morgan fingerprint density at radius 2 is 2.12 bits per heavy atom. The van der Waals surface area contributed by atoms with Crippen LogP contribution in [0.5, 0.6) is 5.75 Å². The van der Waals surface area contributed by atoms with E-state index < -0.39 is 10.0 Å². The van der Waals surface area contributed by atoms with Crippen LogP contribution in [0.15, 0.2) is 59.1 Å². The fraction of sp³-hybridized carbons (Fsp3) is 0.188. The number of aryl methyl sites for hydroxylation is 1. The van der Waals surface area contributed by atoms with Crippen LogP contribution < -0.4 is 9.46 Å². The van der Waals surface area contributed by atoms with Gasteiger partial charge in [0, 0.05) is 23.3 Å². The number of sulfonamides is 1. The van der Waals surface area contributed by atoms with Crippen molar-refractivity contribution in [2.24, 2.45) is 0 Å². The van der Waals surface area contributed by atoms with Gasteiger partial charge in [0.05, 0.1) is 12.2 Å². The quantitative estimate of drug-likeness (QED) is 0.700. The number of rotatable bonds is 7. The van der Waals surface area contributed by atoms with Crippen molar-refractivity contribution in [3.05, 3.63) is 59.7 Å². The smallest absolute Gasteiger partial charge is 0.271 e. The average molecular weight is 363 g/mol. The zero-order valence-corrected chi connectivity index (χ0v) is 14.7. The van der Waals surface area contributed by atoms with E-state index in [0.717, 1.165) is 4.88 Å². The molecule has 24 heavy (non-hydrogen) atoms. The van der Waals surface area contributed by atoms with Gasteiger partial charge in [0.15, 0.2) is 0 Å². The van der Waals surface area contributed by atoms with Gasteiger partial charge >= 0.3 is 0 Å². The van der Waals surface area contributed by atoms with Gasteiger partial charge in [-0.2, -0.15) is 5.10 Å². The molecule has 2 aromatic heterocycles. The first-order valence-corrected chi connectivity index (χ1v) is 9.62. The monoisotopic (exact) mass is 363 g/mol. The minimum atomic E-state index is -3.57. The Kier molecular flexibility index (Phi) is 4.86. The molecular weight excluding hydrogens is 346 g/mol. The standard InChI is InChI=1S/C16H17N3O3S2/c1-13-6-7-16(23-13)24(20,21)18-14-4-2-5-15(12-14)22-11-10-19-9-3-8-17-19/h2-9,12,18H,10-11H2,1H3. The minimum Gasteiger partial charge on any atom is -0.492 e. The van der Waals surface area contributed by atoms with Crippen LogP contribution in [-0.2, 0) is 16.6 Å². The minimum absolute atomic E-state index is 0.296. The maximum atomic E-state index is 12.3. The van der Waals surface area contributed by atoms with Crippen LogP contribution in [-0.4, -0.2) is 24.8 Å². The molecule has 3 aromatic rings. The molecule has 0 aliphatic carbocycles. The first-order chi connectivity index (χ1) is 11.5. The van der Waals surface area contributed by atoms with Crippen molar-refractivity contribution >= 4 is 27.0 Å². The summed E-state index contributed by atoms with van der Waals surface area (Å²) in [4.78, 5) is 0.950. The van der Waals surface area contributed by atoms with Crippen LogP contribution in [0, 0.1) is 6.92 Å². The molecule has 0 aliphatic heterocycles. The lowest BCUT2D eigenvalue weighted by Crippen LogP contribution is -2.12. The highest BCUT2D eigenvalue weighted by Gasteiger charge is 2.16. The highest BCUT2D eigenvalue weighted by molar-refractivity contribution is 7.94. The van der Waals surface area contributed by atoms with E-state index in [0.29, 0.717) is 28.8 Å². The molecule has 0 bridgehead atoms. The lowest BCUT2D eigenvalue weighted by molar-refractivity contribution is 0.291. The molecule has 0 fully saturated rings. The third kappa shape index (κ3) is 4.15. The molecule has 0 spiro atoms. The molecule has 1 N–H and O–H groups in total. The molecule has 0 aliphatic rings. The van der Waals surface area contributed by atoms with Crippen LogP contribution in [0.3, 0.4) is 0 Å². The number of aromatic nitrogens is 2. The van der Waals surface area contributed by atoms with E-state index in [1.807, 2.05) is 19.2 Å². The zero-order chi connectivity index (χ0) is 17.0. The second-order valence-electron chi connectivity index (χ2n) is 5.12. The normalized spacial score (nSPS) is 11.4. The van der Waals surface area contributed by atoms with Crippen molar-refractivity contribution in [1.29, 1.82) is 0 Å². The third-order valence-corrected chi connectivity index (χ3v) is 6.09. The second kappa shape index (κ2) is 7.06. The van der Waals surface area contributed by atoms with Gasteiger partial charge in [0.2, 0.25) is 0 Å². The van der Waals surface area contributed by atoms with Gasteiger partial charge < -0.3 is 4.74 Å². The molecule has 6 nitrogen and oxygen atoms in total. The second-order valence-corrected chi connectivity index (χ2v) is 8.31. The van der Waals surface area contributed by atoms with E-state index in [1.54, 1.807) is 47.3 Å². The predicted molar refractivity (Wildman–Crippen MR) is 94.0 cm³/mol. The Balaban J connectivity index is 1.64. The summed E-state index contributed by atoms with van der Waals surface area (Å²) in [6.07, 6.45) is 3.57. The Labute approximate surface area is 144 Å². The molecule has 8 heteroatoms. The summed E-state index contributed by atoms with van der Waals surface area (Å²) >= 11 is 1.24. The highest BCUT2D eigenvalue weighted by Crippen LogP contribution is 2.25. The molecule has 0 unspecified atom stereocenters. The predicted octanol–water partition coefficient (Wildman–Crippen LogP) is 3.13. The number of hydrogen-bond donors (Lipinski definition) is 1. The summed E-state index contributed by atoms with van der Waals surface area (Å²) in [5.74, 6) is 0.602. The van der Waals surface area contributed by atoms with Gasteiger partial charge in [0.1, 0.15) is 16.6 Å². The summed E-state index contributed by atoms with van der Waals surface area (Å²) in [7, 11) is -3.57. The molecule has 0 amide bonds. The summed E-state index contributed by atoms with van der Waals surface area (Å²) in [6.45, 7) is 2.94. The molecule has 3 rings (SSSR count). The van der Waals surface area contributed by atoms with E-state index in [4.69, 9.17) is 4.74 Å². The molecule has 0 atom stereocenters. The summed E-state index contributed by atoms with van der Waals surface area (Å²) in [5, 5.41) is 4.10. The van der Waals surface area contributed by atoms with Crippen molar-refractivity contribution in [3.63, 3.8) is 0 Å². The Morgan fingerprint density at radius 3 is 2.83 bits per heavy atom. The van der Waals surface area contributed by atoms with E-state index in [1.165, 1.54) is 11.3 Å². The van der Waals surface area contributed by atoms with Crippen molar-refractivity contribution in [2.75, 3.05) is 11.3 Å². The fourth-order valence-corrected chi connectivity index (χ4v) is 4.43. The fourth-order valence-electron chi connectivity index (χ4n) is 2.10. The van der Waals surface area contributed by atoms with Gasteiger partial charge in [-0.05, 0) is 37.3 Å².